The molecule has 24 heavy (non-hydrogen) atoms. The van der Waals surface area contributed by atoms with Crippen LogP contribution in [0.4, 0.5) is 0 Å². The van der Waals surface area contributed by atoms with E-state index in [0.717, 1.165) is 27.2 Å². The summed E-state index contributed by atoms with van der Waals surface area (Å²) in [6.45, 7) is 0.347. The molecule has 3 heteroatoms. The number of rotatable bonds is 3. The van der Waals surface area contributed by atoms with Gasteiger partial charge in [-0.3, -0.25) is 4.79 Å². The Morgan fingerprint density at radius 2 is 1.42 bits per heavy atom. The number of Topliss-reactive ketones (excluding diaryl/α,β-unsaturated/α-hetero) is 1. The van der Waals surface area contributed by atoms with E-state index in [1.54, 1.807) is 0 Å². The molecule has 118 valence electrons. The largest absolute Gasteiger partial charge is 1.00 e. The minimum absolute atomic E-state index is 0. The molecule has 4 rings (SSSR count). The van der Waals surface area contributed by atoms with Crippen LogP contribution in [0.3, 0.4) is 0 Å². The third-order valence-corrected chi connectivity index (χ3v) is 4.17. The molecule has 0 saturated heterocycles. The fourth-order valence-corrected chi connectivity index (χ4v) is 2.97. The summed E-state index contributed by atoms with van der Waals surface area (Å²) >= 11 is 0. The second kappa shape index (κ2) is 6.93. The zero-order valence-electron chi connectivity index (χ0n) is 13.0. The molecule has 0 spiro atoms. The molecule has 3 aromatic carbocycles. The second-order valence-electron chi connectivity index (χ2n) is 5.68. The molecule has 0 atom stereocenters. The lowest BCUT2D eigenvalue weighted by Crippen LogP contribution is -3.00. The highest BCUT2D eigenvalue weighted by molar-refractivity contribution is 5.99. The molecule has 0 aliphatic heterocycles. The van der Waals surface area contributed by atoms with Gasteiger partial charge in [0.25, 0.3) is 0 Å². The first kappa shape index (κ1) is 16.3. The molecule has 0 amide bonds. The van der Waals surface area contributed by atoms with Crippen molar-refractivity contribution in [2.24, 2.45) is 0 Å². The van der Waals surface area contributed by atoms with Crippen molar-refractivity contribution in [1.29, 1.82) is 0 Å². The summed E-state index contributed by atoms with van der Waals surface area (Å²) in [5.74, 6) is 0.122. The summed E-state index contributed by atoms with van der Waals surface area (Å²) in [6, 6.07) is 26.2. The molecule has 0 aliphatic rings. The maximum absolute atomic E-state index is 12.7. The number of carbonyl (C=O) groups excluding carboxylic acids is 1. The van der Waals surface area contributed by atoms with E-state index in [9.17, 15) is 4.79 Å². The fraction of sp³-hybridized carbons (Fsp3) is 0.0476. The van der Waals surface area contributed by atoms with E-state index < -0.39 is 0 Å². The maximum atomic E-state index is 12.7. The van der Waals surface area contributed by atoms with Gasteiger partial charge in [0, 0.05) is 23.1 Å². The highest BCUT2D eigenvalue weighted by Gasteiger charge is 2.15. The predicted octanol–water partition coefficient (Wildman–Crippen LogP) is 1.17. The van der Waals surface area contributed by atoms with Gasteiger partial charge in [0.2, 0.25) is 17.8 Å². The van der Waals surface area contributed by atoms with Gasteiger partial charge in [-0.2, -0.15) is 4.57 Å². The van der Waals surface area contributed by atoms with Crippen LogP contribution in [0.25, 0.3) is 21.7 Å². The summed E-state index contributed by atoms with van der Waals surface area (Å²) in [4.78, 5) is 12.7. The van der Waals surface area contributed by atoms with Crippen LogP contribution in [0.5, 0.6) is 0 Å². The molecule has 0 bridgehead atoms. The topological polar surface area (TPSA) is 20.9 Å². The molecule has 0 unspecified atom stereocenters. The SMILES string of the molecule is O=C(C[n+]1cccc2ccccc21)c1ccc2ccccc2c1.[Br-]. The number of hydrogen-bond acceptors (Lipinski definition) is 1. The van der Waals surface area contributed by atoms with E-state index >= 15 is 0 Å². The lowest BCUT2D eigenvalue weighted by atomic mass is 10.0. The van der Waals surface area contributed by atoms with Crippen molar-refractivity contribution in [2.45, 2.75) is 6.54 Å². The minimum Gasteiger partial charge on any atom is -1.00 e. The number of pyridine rings is 1. The van der Waals surface area contributed by atoms with Crippen molar-refractivity contribution in [2.75, 3.05) is 0 Å². The summed E-state index contributed by atoms with van der Waals surface area (Å²) in [5, 5.41) is 3.39. The highest BCUT2D eigenvalue weighted by atomic mass is 79.9. The van der Waals surface area contributed by atoms with Gasteiger partial charge in [0.15, 0.2) is 6.20 Å². The Kier molecular flexibility index (Phi) is 4.72. The van der Waals surface area contributed by atoms with Gasteiger partial charge in [0.1, 0.15) is 0 Å². The maximum Gasteiger partial charge on any atom is 0.227 e. The molecule has 2 nitrogen and oxygen atoms in total. The number of aromatic nitrogens is 1. The van der Waals surface area contributed by atoms with Crippen LogP contribution in [0.15, 0.2) is 85.1 Å². The molecular formula is C21H16BrNO. The third kappa shape index (κ3) is 3.08. The first-order chi connectivity index (χ1) is 11.3. The molecule has 0 fully saturated rings. The standard InChI is InChI=1S/C21H16NO.BrH/c23-21(19-12-11-16-6-1-2-8-18(16)14-19)15-22-13-5-9-17-7-3-4-10-20(17)22;/h1-14H,15H2;1H/q+1;/p-1. The van der Waals surface area contributed by atoms with Gasteiger partial charge in [-0.15, -0.1) is 0 Å². The van der Waals surface area contributed by atoms with E-state index in [1.165, 1.54) is 0 Å². The monoisotopic (exact) mass is 377 g/mol. The van der Waals surface area contributed by atoms with Crippen LogP contribution >= 0.6 is 0 Å². The molecule has 0 saturated carbocycles. The number of carbonyl (C=O) groups is 1. The summed E-state index contributed by atoms with van der Waals surface area (Å²) in [7, 11) is 0. The number of ketones is 1. The molecule has 1 aromatic heterocycles. The van der Waals surface area contributed by atoms with Crippen LogP contribution in [0, 0.1) is 0 Å². The first-order valence-electron chi connectivity index (χ1n) is 7.70. The van der Waals surface area contributed by atoms with E-state index in [-0.39, 0.29) is 22.8 Å². The van der Waals surface area contributed by atoms with Crippen LogP contribution in [0.1, 0.15) is 10.4 Å². The third-order valence-electron chi connectivity index (χ3n) is 4.17. The van der Waals surface area contributed by atoms with Gasteiger partial charge >= 0.3 is 0 Å². The van der Waals surface area contributed by atoms with E-state index in [1.807, 2.05) is 71.4 Å². The van der Waals surface area contributed by atoms with Crippen LogP contribution in [-0.2, 0) is 6.54 Å². The van der Waals surface area contributed by atoms with Crippen molar-refractivity contribution >= 4 is 27.5 Å². The Balaban J connectivity index is 0.00000169. The lowest BCUT2D eigenvalue weighted by Gasteiger charge is -2.03. The second-order valence-corrected chi connectivity index (χ2v) is 5.68. The number of fused-ring (bicyclic) bond motifs is 2. The van der Waals surface area contributed by atoms with Crippen LogP contribution < -0.4 is 21.5 Å². The number of halogens is 1. The van der Waals surface area contributed by atoms with Crippen LogP contribution in [-0.4, -0.2) is 5.78 Å². The van der Waals surface area contributed by atoms with Crippen molar-refractivity contribution in [3.63, 3.8) is 0 Å². The van der Waals surface area contributed by atoms with Crippen LogP contribution in [0.2, 0.25) is 0 Å². The summed E-state index contributed by atoms with van der Waals surface area (Å²) < 4.78 is 2.01. The molecular weight excluding hydrogens is 362 g/mol. The first-order valence-corrected chi connectivity index (χ1v) is 7.70. The number of benzene rings is 3. The van der Waals surface area contributed by atoms with Gasteiger partial charge in [0.05, 0.1) is 0 Å². The van der Waals surface area contributed by atoms with Gasteiger partial charge < -0.3 is 17.0 Å². The number of nitrogens with zero attached hydrogens (tertiary/aromatic N) is 1. The van der Waals surface area contributed by atoms with E-state index in [4.69, 9.17) is 0 Å². The van der Waals surface area contributed by atoms with Crippen molar-refractivity contribution in [3.8, 4) is 0 Å². The number of hydrogen-bond donors (Lipinski definition) is 0. The summed E-state index contributed by atoms with van der Waals surface area (Å²) in [5.41, 5.74) is 1.83. The Morgan fingerprint density at radius 1 is 0.750 bits per heavy atom. The average Bonchev–Trinajstić information content (AvgIpc) is 2.61. The van der Waals surface area contributed by atoms with Gasteiger partial charge in [-0.1, -0.05) is 48.5 Å². The van der Waals surface area contributed by atoms with Crippen molar-refractivity contribution in [1.82, 2.24) is 0 Å². The Hall–Kier alpha value is -2.52. The predicted molar refractivity (Wildman–Crippen MR) is 92.4 cm³/mol. The normalized spacial score (nSPS) is 10.5. The van der Waals surface area contributed by atoms with E-state index in [0.29, 0.717) is 6.54 Å². The molecule has 4 aromatic rings. The zero-order valence-corrected chi connectivity index (χ0v) is 14.6. The Bertz CT molecular complexity index is 1020. The lowest BCUT2D eigenvalue weighted by molar-refractivity contribution is -0.657. The van der Waals surface area contributed by atoms with Crippen molar-refractivity contribution < 1.29 is 26.3 Å². The van der Waals surface area contributed by atoms with Crippen molar-refractivity contribution in [3.05, 3.63) is 90.6 Å². The van der Waals surface area contributed by atoms with Gasteiger partial charge in [-0.25, -0.2) is 0 Å². The zero-order chi connectivity index (χ0) is 15.6. The average molecular weight is 378 g/mol. The molecule has 1 heterocycles. The fourth-order valence-electron chi connectivity index (χ4n) is 2.97. The molecule has 0 radical (unpaired) electrons. The number of para-hydroxylation sites is 1. The van der Waals surface area contributed by atoms with Gasteiger partial charge in [-0.05, 0) is 29.0 Å². The smallest absolute Gasteiger partial charge is 0.227 e. The Labute approximate surface area is 151 Å². The Morgan fingerprint density at radius 3 is 2.25 bits per heavy atom. The molecule has 0 N–H and O–H groups in total. The van der Waals surface area contributed by atoms with E-state index in [2.05, 4.69) is 18.2 Å². The quantitative estimate of drug-likeness (QED) is 0.387. The highest BCUT2D eigenvalue weighted by Crippen LogP contribution is 2.16. The minimum atomic E-state index is 0. The summed E-state index contributed by atoms with van der Waals surface area (Å²) in [6.07, 6.45) is 1.96. The molecule has 0 aliphatic carbocycles.